The highest BCUT2D eigenvalue weighted by molar-refractivity contribution is 7.91. The highest BCUT2D eigenvalue weighted by atomic mass is 32.2. The molecular weight excluding hydrogens is 279 g/mol. The maximum atomic E-state index is 12.6. The average Bonchev–Trinajstić information content (AvgIpc) is 2.48. The fourth-order valence-corrected chi connectivity index (χ4v) is 3.40. The van der Waals surface area contributed by atoms with Crippen LogP contribution in [0, 0.1) is 0 Å². The van der Waals surface area contributed by atoms with Crippen LogP contribution in [0.4, 0.5) is 0 Å². The van der Waals surface area contributed by atoms with Crippen LogP contribution in [0.2, 0.25) is 0 Å². The van der Waals surface area contributed by atoms with Crippen molar-refractivity contribution in [2.45, 2.75) is 42.4 Å². The van der Waals surface area contributed by atoms with Gasteiger partial charge in [0.05, 0.1) is 9.79 Å². The first-order valence-corrected chi connectivity index (χ1v) is 8.68. The third-order valence-corrected chi connectivity index (χ3v) is 5.95. The lowest BCUT2D eigenvalue weighted by molar-refractivity contribution is 0.506. The van der Waals surface area contributed by atoms with Crippen molar-refractivity contribution in [2.24, 2.45) is 0 Å². The van der Waals surface area contributed by atoms with E-state index < -0.39 is 9.84 Å². The van der Waals surface area contributed by atoms with Crippen molar-refractivity contribution in [3.05, 3.63) is 54.1 Å². The summed E-state index contributed by atoms with van der Waals surface area (Å²) in [6.45, 7) is 6.46. The Morgan fingerprint density at radius 2 is 1.33 bits per heavy atom. The average molecular weight is 300 g/mol. The number of hydrogen-bond donors (Lipinski definition) is 0. The van der Waals surface area contributed by atoms with E-state index in [9.17, 15) is 8.42 Å². The summed E-state index contributed by atoms with van der Waals surface area (Å²) in [6.07, 6.45) is 1.01. The molecule has 2 aromatic carbocycles. The number of sulfone groups is 1. The second kappa shape index (κ2) is 5.68. The van der Waals surface area contributed by atoms with E-state index >= 15 is 0 Å². The van der Waals surface area contributed by atoms with Gasteiger partial charge in [-0.15, -0.1) is 0 Å². The molecule has 2 aromatic rings. The lowest BCUT2D eigenvalue weighted by atomic mass is 9.82. The molecule has 0 aliphatic heterocycles. The van der Waals surface area contributed by atoms with Crippen LogP contribution in [-0.4, -0.2) is 16.3 Å². The molecule has 0 spiro atoms. The van der Waals surface area contributed by atoms with Crippen LogP contribution in [0.1, 0.15) is 32.8 Å². The molecule has 0 heterocycles. The van der Waals surface area contributed by atoms with E-state index in [-0.39, 0.29) is 5.41 Å². The van der Waals surface area contributed by atoms with Crippen molar-refractivity contribution in [3.63, 3.8) is 0 Å². The van der Waals surface area contributed by atoms with Gasteiger partial charge >= 0.3 is 0 Å². The normalized spacial score (nSPS) is 12.3. The molecule has 21 heavy (non-hydrogen) atoms. The monoisotopic (exact) mass is 300 g/mol. The van der Waals surface area contributed by atoms with Gasteiger partial charge in [0.25, 0.3) is 0 Å². The Morgan fingerprint density at radius 1 is 0.905 bits per heavy atom. The summed E-state index contributed by atoms with van der Waals surface area (Å²) in [5, 5.41) is 0. The zero-order chi connectivity index (χ0) is 15.7. The predicted octanol–water partition coefficient (Wildman–Crippen LogP) is 2.47. The van der Waals surface area contributed by atoms with Crippen molar-refractivity contribution < 1.29 is 8.42 Å². The Kier molecular flexibility index (Phi) is 4.29. The van der Waals surface area contributed by atoms with Crippen molar-refractivity contribution in [3.8, 4) is 0 Å². The van der Waals surface area contributed by atoms with E-state index in [0.717, 1.165) is 17.4 Å². The summed E-state index contributed by atoms with van der Waals surface area (Å²) >= 11 is 0. The van der Waals surface area contributed by atoms with E-state index in [1.807, 2.05) is 32.1 Å². The first-order valence-electron chi connectivity index (χ1n) is 7.19. The van der Waals surface area contributed by atoms with Gasteiger partial charge in [-0.1, -0.05) is 50.5 Å². The van der Waals surface area contributed by atoms with Gasteiger partial charge < -0.3 is 0 Å². The zero-order valence-electron chi connectivity index (χ0n) is 13.1. The Balaban J connectivity index is 2.40. The molecule has 0 radical (unpaired) electrons. The highest BCUT2D eigenvalue weighted by Crippen LogP contribution is 2.28. The lowest BCUT2D eigenvalue weighted by Gasteiger charge is -2.23. The topological polar surface area (TPSA) is 34.1 Å². The molecule has 0 fully saturated rings. The highest BCUT2D eigenvalue weighted by Gasteiger charge is 2.21. The molecule has 0 saturated carbocycles. The number of rotatable bonds is 4. The fraction of sp³-hybridized carbons (Fsp3) is 0.294. The van der Waals surface area contributed by atoms with Crippen LogP contribution in [0.5, 0.6) is 0 Å². The quantitative estimate of drug-likeness (QED) is 0.813. The first kappa shape index (κ1) is 15.8. The zero-order valence-corrected chi connectivity index (χ0v) is 13.9. The van der Waals surface area contributed by atoms with Crippen LogP contribution in [-0.2, 0) is 15.3 Å². The molecule has 0 aliphatic rings. The Morgan fingerprint density at radius 3 is 1.76 bits per heavy atom. The lowest BCUT2D eigenvalue weighted by Crippen LogP contribution is -2.15. The SMILES string of the molecule is Bc1ccc(S(=O)(=O)c2ccc(C(C)(C)CC)cc2)cc1. The van der Waals surface area contributed by atoms with Crippen LogP contribution in [0.25, 0.3) is 0 Å². The fourth-order valence-electron chi connectivity index (χ4n) is 2.14. The maximum absolute atomic E-state index is 12.6. The third kappa shape index (κ3) is 3.21. The Bertz CT molecular complexity index is 714. The summed E-state index contributed by atoms with van der Waals surface area (Å²) in [5.41, 5.74) is 2.27. The van der Waals surface area contributed by atoms with Crippen LogP contribution in [0.3, 0.4) is 0 Å². The van der Waals surface area contributed by atoms with Gasteiger partial charge in [0.15, 0.2) is 0 Å². The number of hydrogen-bond acceptors (Lipinski definition) is 2. The van der Waals surface area contributed by atoms with Gasteiger partial charge in [0.2, 0.25) is 9.84 Å². The van der Waals surface area contributed by atoms with Crippen LogP contribution in [0.15, 0.2) is 58.3 Å². The van der Waals surface area contributed by atoms with Crippen molar-refractivity contribution in [2.75, 3.05) is 0 Å². The molecule has 0 amide bonds. The van der Waals surface area contributed by atoms with Crippen molar-refractivity contribution >= 4 is 23.1 Å². The van der Waals surface area contributed by atoms with Crippen LogP contribution >= 0.6 is 0 Å². The van der Waals surface area contributed by atoms with Gasteiger partial charge in [-0.25, -0.2) is 8.42 Å². The smallest absolute Gasteiger partial charge is 0.206 e. The molecule has 0 N–H and O–H groups in total. The molecule has 2 nitrogen and oxygen atoms in total. The predicted molar refractivity (Wildman–Crippen MR) is 89.8 cm³/mol. The second-order valence-electron chi connectivity index (χ2n) is 6.08. The maximum Gasteiger partial charge on any atom is 0.206 e. The van der Waals surface area contributed by atoms with E-state index in [1.165, 1.54) is 0 Å². The third-order valence-electron chi connectivity index (χ3n) is 4.16. The summed E-state index contributed by atoms with van der Waals surface area (Å²) in [7, 11) is -1.48. The Labute approximate surface area is 128 Å². The minimum Gasteiger partial charge on any atom is -0.219 e. The molecule has 0 bridgehead atoms. The summed E-state index contributed by atoms with van der Waals surface area (Å²) in [5.74, 6) is 0. The molecule has 0 aliphatic carbocycles. The number of benzene rings is 2. The minimum atomic E-state index is -3.42. The van der Waals surface area contributed by atoms with Gasteiger partial charge in [-0.3, -0.25) is 0 Å². The van der Waals surface area contributed by atoms with Crippen molar-refractivity contribution in [1.82, 2.24) is 0 Å². The Hall–Kier alpha value is -1.55. The molecule has 4 heteroatoms. The largest absolute Gasteiger partial charge is 0.219 e. The standard InChI is InChI=1S/C17H21BO2S/c1-4-17(2,3)13-5-9-15(10-6-13)21(19,20)16-11-7-14(18)8-12-16/h5-12H,4,18H2,1-3H3. The van der Waals surface area contributed by atoms with Gasteiger partial charge in [-0.05, 0) is 41.7 Å². The van der Waals surface area contributed by atoms with E-state index in [0.29, 0.717) is 9.79 Å². The van der Waals surface area contributed by atoms with E-state index in [2.05, 4.69) is 20.8 Å². The molecular formula is C17H21BO2S. The van der Waals surface area contributed by atoms with Gasteiger partial charge in [0, 0.05) is 0 Å². The van der Waals surface area contributed by atoms with Gasteiger partial charge in [0.1, 0.15) is 7.85 Å². The van der Waals surface area contributed by atoms with Gasteiger partial charge in [-0.2, -0.15) is 0 Å². The minimum absolute atomic E-state index is 0.0617. The summed E-state index contributed by atoms with van der Waals surface area (Å²) in [6, 6.07) is 14.2. The van der Waals surface area contributed by atoms with E-state index in [1.54, 1.807) is 24.3 Å². The molecule has 2 rings (SSSR count). The van der Waals surface area contributed by atoms with E-state index in [4.69, 9.17) is 0 Å². The molecule has 110 valence electrons. The first-order chi connectivity index (χ1) is 9.77. The summed E-state index contributed by atoms with van der Waals surface area (Å²) in [4.78, 5) is 0.692. The van der Waals surface area contributed by atoms with Crippen LogP contribution < -0.4 is 5.46 Å². The second-order valence-corrected chi connectivity index (χ2v) is 8.03. The molecule has 0 unspecified atom stereocenters. The molecule has 0 saturated heterocycles. The van der Waals surface area contributed by atoms with Crippen molar-refractivity contribution in [1.29, 1.82) is 0 Å². The molecule has 0 atom stereocenters. The summed E-state index contributed by atoms with van der Waals surface area (Å²) < 4.78 is 25.2. The molecule has 0 aromatic heterocycles.